The van der Waals surface area contributed by atoms with Gasteiger partial charge in [-0.15, -0.1) is 10.2 Å². The van der Waals surface area contributed by atoms with Gasteiger partial charge in [0.15, 0.2) is 4.34 Å². The number of carbonyl (C=O) groups excluding carboxylic acids is 2. The molecule has 0 saturated heterocycles. The van der Waals surface area contributed by atoms with Gasteiger partial charge in [-0.1, -0.05) is 83.8 Å². The number of nitrogens with one attached hydrogen (secondary N) is 2. The third-order valence-electron chi connectivity index (χ3n) is 3.80. The zero-order valence-electron chi connectivity index (χ0n) is 15.1. The number of hydrogen-bond donors (Lipinski definition) is 2. The Morgan fingerprint density at radius 1 is 0.893 bits per heavy atom. The number of benzene rings is 2. The predicted octanol–water partition coefficient (Wildman–Crippen LogP) is 3.52. The van der Waals surface area contributed by atoms with Gasteiger partial charge >= 0.3 is 0 Å². The van der Waals surface area contributed by atoms with Crippen LogP contribution in [0.15, 0.2) is 65.0 Å². The number of aryl methyl sites for hydroxylation is 1. The lowest BCUT2D eigenvalue weighted by molar-refractivity contribution is -0.118. The van der Waals surface area contributed by atoms with Gasteiger partial charge in [-0.2, -0.15) is 0 Å². The number of thioether (sulfide) groups is 1. The Hall–Kier alpha value is -2.71. The van der Waals surface area contributed by atoms with Crippen molar-refractivity contribution in [3.05, 3.63) is 71.8 Å². The molecule has 1 heterocycles. The molecule has 0 aliphatic heterocycles. The zero-order valence-corrected chi connectivity index (χ0v) is 16.8. The SMILES string of the molecule is O=C(CSc1nnc(NC(=O)CCc2ccccc2)s1)NCc1ccccc1. The van der Waals surface area contributed by atoms with E-state index in [1.807, 2.05) is 60.7 Å². The number of rotatable bonds is 9. The summed E-state index contributed by atoms with van der Waals surface area (Å²) in [5, 5.41) is 14.1. The van der Waals surface area contributed by atoms with E-state index in [0.29, 0.717) is 28.9 Å². The minimum Gasteiger partial charge on any atom is -0.351 e. The molecular weight excluding hydrogens is 392 g/mol. The van der Waals surface area contributed by atoms with Crippen LogP contribution in [0.5, 0.6) is 0 Å². The normalized spacial score (nSPS) is 10.4. The van der Waals surface area contributed by atoms with E-state index in [2.05, 4.69) is 20.8 Å². The third kappa shape index (κ3) is 6.79. The average molecular weight is 413 g/mol. The summed E-state index contributed by atoms with van der Waals surface area (Å²) in [6.07, 6.45) is 1.06. The lowest BCUT2D eigenvalue weighted by Gasteiger charge is -2.03. The van der Waals surface area contributed by atoms with Crippen molar-refractivity contribution in [3.8, 4) is 0 Å². The fraction of sp³-hybridized carbons (Fsp3) is 0.200. The number of aromatic nitrogens is 2. The van der Waals surface area contributed by atoms with E-state index in [-0.39, 0.29) is 17.6 Å². The van der Waals surface area contributed by atoms with Gasteiger partial charge in [-0.05, 0) is 17.5 Å². The van der Waals surface area contributed by atoms with Crippen LogP contribution >= 0.6 is 23.1 Å². The van der Waals surface area contributed by atoms with Crippen molar-refractivity contribution in [2.45, 2.75) is 23.7 Å². The Balaban J connectivity index is 1.37. The number of nitrogens with zero attached hydrogens (tertiary/aromatic N) is 2. The minimum atomic E-state index is -0.0999. The van der Waals surface area contributed by atoms with E-state index < -0.39 is 0 Å². The highest BCUT2D eigenvalue weighted by molar-refractivity contribution is 8.01. The molecule has 144 valence electrons. The first-order valence-corrected chi connectivity index (χ1v) is 10.6. The molecule has 3 rings (SSSR count). The number of anilines is 1. The van der Waals surface area contributed by atoms with Crippen molar-refractivity contribution in [3.63, 3.8) is 0 Å². The molecular formula is C20H20N4O2S2. The Morgan fingerprint density at radius 2 is 1.57 bits per heavy atom. The molecule has 8 heteroatoms. The summed E-state index contributed by atoms with van der Waals surface area (Å²) in [6, 6.07) is 19.6. The maximum absolute atomic E-state index is 12.0. The van der Waals surface area contributed by atoms with Crippen LogP contribution in [-0.2, 0) is 22.6 Å². The molecule has 2 aromatic carbocycles. The number of hydrogen-bond acceptors (Lipinski definition) is 6. The van der Waals surface area contributed by atoms with Gasteiger partial charge < -0.3 is 10.6 Å². The van der Waals surface area contributed by atoms with Crippen molar-refractivity contribution >= 4 is 40.0 Å². The second-order valence-electron chi connectivity index (χ2n) is 5.96. The monoisotopic (exact) mass is 412 g/mol. The molecule has 0 fully saturated rings. The summed E-state index contributed by atoms with van der Waals surface area (Å²) in [4.78, 5) is 24.0. The van der Waals surface area contributed by atoms with Crippen molar-refractivity contribution in [2.24, 2.45) is 0 Å². The Morgan fingerprint density at radius 3 is 2.29 bits per heavy atom. The fourth-order valence-corrected chi connectivity index (χ4v) is 3.98. The van der Waals surface area contributed by atoms with E-state index in [4.69, 9.17) is 0 Å². The van der Waals surface area contributed by atoms with Crippen molar-refractivity contribution < 1.29 is 9.59 Å². The summed E-state index contributed by atoms with van der Waals surface area (Å²) in [7, 11) is 0. The molecule has 3 aromatic rings. The van der Waals surface area contributed by atoms with Gasteiger partial charge in [-0.25, -0.2) is 0 Å². The highest BCUT2D eigenvalue weighted by atomic mass is 32.2. The lowest BCUT2D eigenvalue weighted by Crippen LogP contribution is -2.24. The Bertz CT molecular complexity index is 901. The van der Waals surface area contributed by atoms with Crippen LogP contribution in [0.2, 0.25) is 0 Å². The maximum atomic E-state index is 12.0. The average Bonchev–Trinajstić information content (AvgIpc) is 3.18. The standard InChI is InChI=1S/C20H20N4O2S2/c25-17(12-11-15-7-3-1-4-8-15)22-19-23-24-20(28-19)27-14-18(26)21-13-16-9-5-2-6-10-16/h1-10H,11-14H2,(H,21,26)(H,22,23,25). The molecule has 2 amide bonds. The van der Waals surface area contributed by atoms with Crippen LogP contribution in [0.4, 0.5) is 5.13 Å². The maximum Gasteiger partial charge on any atom is 0.230 e. The van der Waals surface area contributed by atoms with Crippen LogP contribution in [0.25, 0.3) is 0 Å². The largest absolute Gasteiger partial charge is 0.351 e. The highest BCUT2D eigenvalue weighted by Crippen LogP contribution is 2.25. The molecule has 2 N–H and O–H groups in total. The molecule has 1 aromatic heterocycles. The van der Waals surface area contributed by atoms with Crippen LogP contribution in [0, 0.1) is 0 Å². The van der Waals surface area contributed by atoms with Crippen LogP contribution in [0.1, 0.15) is 17.5 Å². The van der Waals surface area contributed by atoms with Gasteiger partial charge in [0.25, 0.3) is 0 Å². The second-order valence-corrected chi connectivity index (χ2v) is 8.16. The molecule has 6 nitrogen and oxygen atoms in total. The number of amides is 2. The smallest absolute Gasteiger partial charge is 0.230 e. The van der Waals surface area contributed by atoms with E-state index in [9.17, 15) is 9.59 Å². The predicted molar refractivity (Wildman–Crippen MR) is 112 cm³/mol. The van der Waals surface area contributed by atoms with Gasteiger partial charge in [0, 0.05) is 13.0 Å². The van der Waals surface area contributed by atoms with Crippen LogP contribution in [-0.4, -0.2) is 27.8 Å². The molecule has 0 aliphatic carbocycles. The number of carbonyl (C=O) groups is 2. The van der Waals surface area contributed by atoms with Crippen LogP contribution < -0.4 is 10.6 Å². The molecule has 0 atom stereocenters. The van der Waals surface area contributed by atoms with Gasteiger partial charge in [0.05, 0.1) is 5.75 Å². The summed E-state index contributed by atoms with van der Waals surface area (Å²) < 4.78 is 0.647. The summed E-state index contributed by atoms with van der Waals surface area (Å²) in [5.74, 6) is 0.0818. The summed E-state index contributed by atoms with van der Waals surface area (Å²) in [5.41, 5.74) is 2.17. The third-order valence-corrected chi connectivity index (χ3v) is 5.77. The zero-order chi connectivity index (χ0) is 19.6. The topological polar surface area (TPSA) is 84.0 Å². The van der Waals surface area contributed by atoms with Crippen molar-refractivity contribution in [2.75, 3.05) is 11.1 Å². The molecule has 0 bridgehead atoms. The molecule has 0 saturated carbocycles. The first-order chi connectivity index (χ1) is 13.7. The fourth-order valence-electron chi connectivity index (χ4n) is 2.38. The van der Waals surface area contributed by atoms with Gasteiger partial charge in [0.1, 0.15) is 0 Å². The van der Waals surface area contributed by atoms with Crippen molar-refractivity contribution in [1.82, 2.24) is 15.5 Å². The second kappa shape index (κ2) is 10.6. The van der Waals surface area contributed by atoms with Crippen LogP contribution in [0.3, 0.4) is 0 Å². The molecule has 0 spiro atoms. The van der Waals surface area contributed by atoms with E-state index in [1.54, 1.807) is 0 Å². The summed E-state index contributed by atoms with van der Waals surface area (Å²) in [6.45, 7) is 0.499. The summed E-state index contributed by atoms with van der Waals surface area (Å²) >= 11 is 2.57. The van der Waals surface area contributed by atoms with E-state index >= 15 is 0 Å². The lowest BCUT2D eigenvalue weighted by atomic mass is 10.1. The Labute approximate surface area is 171 Å². The first kappa shape index (κ1) is 20.0. The van der Waals surface area contributed by atoms with Gasteiger partial charge in [0.2, 0.25) is 16.9 Å². The quantitative estimate of drug-likeness (QED) is 0.415. The highest BCUT2D eigenvalue weighted by Gasteiger charge is 2.10. The minimum absolute atomic E-state index is 0.0718. The first-order valence-electron chi connectivity index (χ1n) is 8.80. The molecule has 0 aliphatic rings. The molecule has 28 heavy (non-hydrogen) atoms. The van der Waals surface area contributed by atoms with E-state index in [0.717, 1.165) is 11.1 Å². The molecule has 0 radical (unpaired) electrons. The van der Waals surface area contributed by atoms with Gasteiger partial charge in [-0.3, -0.25) is 9.59 Å². The van der Waals surface area contributed by atoms with Crippen molar-refractivity contribution in [1.29, 1.82) is 0 Å². The van der Waals surface area contributed by atoms with E-state index in [1.165, 1.54) is 23.1 Å². The Kier molecular flexibility index (Phi) is 7.57. The molecule has 0 unspecified atom stereocenters.